The van der Waals surface area contributed by atoms with Crippen molar-refractivity contribution in [3.8, 4) is 0 Å². The van der Waals surface area contributed by atoms with Crippen molar-refractivity contribution in [2.45, 2.75) is 60.3 Å². The van der Waals surface area contributed by atoms with E-state index >= 15 is 0 Å². The highest BCUT2D eigenvalue weighted by molar-refractivity contribution is 6.05. The molecule has 0 bridgehead atoms. The molecule has 0 aromatic rings. The van der Waals surface area contributed by atoms with Gasteiger partial charge in [-0.25, -0.2) is 0 Å². The molecule has 1 heterocycles. The third kappa shape index (κ3) is 2.68. The molecule has 0 amide bonds. The molecule has 130 valence electrons. The number of rotatable bonds is 2. The van der Waals surface area contributed by atoms with Crippen molar-refractivity contribution in [1.82, 2.24) is 4.90 Å². The summed E-state index contributed by atoms with van der Waals surface area (Å²) in [5.41, 5.74) is 3.97. The maximum Gasteiger partial charge on any atom is 0.161 e. The fraction of sp³-hybridized carbons (Fsp3) is 0.619. The minimum absolute atomic E-state index is 0.0265. The fourth-order valence-electron chi connectivity index (χ4n) is 4.72. The maximum atomic E-state index is 12.9. The number of ketones is 2. The standard InChI is InChI=1S/C21H29NO2/c1-7-8-22-14-9-20(3,4)11-16(23)18(14)13(2)19-15(22)10-21(5,6)12-17(19)24/h7,13H,1,8-12H2,2-6H3. The lowest BCUT2D eigenvalue weighted by Crippen LogP contribution is -2.44. The lowest BCUT2D eigenvalue weighted by atomic mass is 9.65. The number of hydrogen-bond acceptors (Lipinski definition) is 3. The van der Waals surface area contributed by atoms with E-state index in [1.807, 2.05) is 13.0 Å². The molecule has 2 aliphatic carbocycles. The van der Waals surface area contributed by atoms with Crippen LogP contribution in [0.15, 0.2) is 35.2 Å². The van der Waals surface area contributed by atoms with E-state index in [2.05, 4.69) is 39.2 Å². The van der Waals surface area contributed by atoms with Crippen LogP contribution in [0, 0.1) is 16.7 Å². The first-order valence-electron chi connectivity index (χ1n) is 8.97. The Morgan fingerprint density at radius 3 is 1.75 bits per heavy atom. The second-order valence-corrected chi connectivity index (χ2v) is 9.22. The highest BCUT2D eigenvalue weighted by Gasteiger charge is 2.46. The first-order valence-corrected chi connectivity index (χ1v) is 8.97. The zero-order chi connectivity index (χ0) is 17.9. The van der Waals surface area contributed by atoms with E-state index in [9.17, 15) is 9.59 Å². The third-order valence-electron chi connectivity index (χ3n) is 5.62. The predicted molar refractivity (Wildman–Crippen MR) is 96.2 cm³/mol. The van der Waals surface area contributed by atoms with Gasteiger partial charge in [-0.05, 0) is 23.7 Å². The lowest BCUT2D eigenvalue weighted by molar-refractivity contribution is -0.120. The molecule has 0 unspecified atom stereocenters. The molecular formula is C21H29NO2. The van der Waals surface area contributed by atoms with Crippen LogP contribution in [-0.2, 0) is 9.59 Å². The van der Waals surface area contributed by atoms with Crippen molar-refractivity contribution in [2.24, 2.45) is 16.7 Å². The fourth-order valence-corrected chi connectivity index (χ4v) is 4.72. The number of carbonyl (C=O) groups is 2. The van der Waals surface area contributed by atoms with Crippen molar-refractivity contribution in [1.29, 1.82) is 0 Å². The summed E-state index contributed by atoms with van der Waals surface area (Å²) < 4.78 is 0. The van der Waals surface area contributed by atoms with Crippen molar-refractivity contribution in [2.75, 3.05) is 6.54 Å². The largest absolute Gasteiger partial charge is 0.344 e. The maximum absolute atomic E-state index is 12.9. The van der Waals surface area contributed by atoms with Crippen LogP contribution in [0.2, 0.25) is 0 Å². The molecule has 0 fully saturated rings. The monoisotopic (exact) mass is 327 g/mol. The van der Waals surface area contributed by atoms with E-state index in [4.69, 9.17) is 0 Å². The summed E-state index contributed by atoms with van der Waals surface area (Å²) in [5.74, 6) is 0.363. The van der Waals surface area contributed by atoms with Gasteiger partial charge in [0.2, 0.25) is 0 Å². The van der Waals surface area contributed by atoms with E-state index < -0.39 is 0 Å². The van der Waals surface area contributed by atoms with Crippen LogP contribution in [0.4, 0.5) is 0 Å². The minimum Gasteiger partial charge on any atom is -0.344 e. The van der Waals surface area contributed by atoms with E-state index in [1.54, 1.807) is 0 Å². The molecule has 3 rings (SSSR count). The second kappa shape index (κ2) is 5.44. The molecule has 0 aromatic carbocycles. The summed E-state index contributed by atoms with van der Waals surface area (Å²) in [5, 5.41) is 0. The Morgan fingerprint density at radius 1 is 0.958 bits per heavy atom. The molecule has 0 atom stereocenters. The third-order valence-corrected chi connectivity index (χ3v) is 5.62. The molecule has 3 nitrogen and oxygen atoms in total. The van der Waals surface area contributed by atoms with E-state index in [1.165, 1.54) is 0 Å². The zero-order valence-corrected chi connectivity index (χ0v) is 15.7. The molecule has 0 radical (unpaired) electrons. The molecule has 1 aliphatic heterocycles. The molecule has 0 aromatic heterocycles. The molecular weight excluding hydrogens is 298 g/mol. The van der Waals surface area contributed by atoms with Crippen molar-refractivity contribution in [3.05, 3.63) is 35.2 Å². The molecule has 0 N–H and O–H groups in total. The lowest BCUT2D eigenvalue weighted by Gasteiger charge is -2.48. The van der Waals surface area contributed by atoms with Gasteiger partial charge in [-0.3, -0.25) is 9.59 Å². The summed E-state index contributed by atoms with van der Waals surface area (Å²) in [4.78, 5) is 28.0. The summed E-state index contributed by atoms with van der Waals surface area (Å²) >= 11 is 0. The zero-order valence-electron chi connectivity index (χ0n) is 15.7. The Kier molecular flexibility index (Phi) is 3.89. The minimum atomic E-state index is -0.0664. The van der Waals surface area contributed by atoms with Crippen LogP contribution < -0.4 is 0 Å². The van der Waals surface area contributed by atoms with E-state index in [0.29, 0.717) is 19.4 Å². The number of carbonyl (C=O) groups excluding carboxylic acids is 2. The Hall–Kier alpha value is -1.64. The average Bonchev–Trinajstić information content (AvgIpc) is 2.39. The van der Waals surface area contributed by atoms with E-state index in [0.717, 1.165) is 35.4 Å². The highest BCUT2D eigenvalue weighted by Crippen LogP contribution is 2.51. The molecule has 3 heteroatoms. The smallest absolute Gasteiger partial charge is 0.161 e. The van der Waals surface area contributed by atoms with Crippen molar-refractivity contribution < 1.29 is 9.59 Å². The number of nitrogens with zero attached hydrogens (tertiary/aromatic N) is 1. The molecule has 3 aliphatic rings. The molecule has 0 saturated heterocycles. The van der Waals surface area contributed by atoms with Crippen LogP contribution in [0.1, 0.15) is 60.3 Å². The Bertz CT molecular complexity index is 637. The molecule has 24 heavy (non-hydrogen) atoms. The van der Waals surface area contributed by atoms with Gasteiger partial charge >= 0.3 is 0 Å². The topological polar surface area (TPSA) is 37.4 Å². The van der Waals surface area contributed by atoms with Crippen LogP contribution in [0.5, 0.6) is 0 Å². The summed E-state index contributed by atoms with van der Waals surface area (Å²) in [6.45, 7) is 15.2. The van der Waals surface area contributed by atoms with Gasteiger partial charge in [0.25, 0.3) is 0 Å². The number of hydrogen-bond donors (Lipinski definition) is 0. The Balaban J connectivity index is 2.17. The van der Waals surface area contributed by atoms with Crippen LogP contribution in [-0.4, -0.2) is 23.0 Å². The van der Waals surface area contributed by atoms with Gasteiger partial charge in [-0.15, -0.1) is 6.58 Å². The SMILES string of the molecule is C=CCN1C2=C(C(=O)CC(C)(C)C2)C(C)C2=C1CC(C)(C)CC2=O. The second-order valence-electron chi connectivity index (χ2n) is 9.22. The summed E-state index contributed by atoms with van der Waals surface area (Å²) in [6, 6.07) is 0. The summed E-state index contributed by atoms with van der Waals surface area (Å²) in [7, 11) is 0. The first-order chi connectivity index (χ1) is 11.1. The van der Waals surface area contributed by atoms with Gasteiger partial charge in [0.1, 0.15) is 0 Å². The number of Topliss-reactive ketones (excluding diaryl/α,β-unsaturated/α-hetero) is 2. The van der Waals surface area contributed by atoms with Crippen LogP contribution in [0.25, 0.3) is 0 Å². The summed E-state index contributed by atoms with van der Waals surface area (Å²) in [6.07, 6.45) is 4.79. The first kappa shape index (κ1) is 17.2. The average molecular weight is 327 g/mol. The van der Waals surface area contributed by atoms with Gasteiger partial charge < -0.3 is 4.90 Å². The van der Waals surface area contributed by atoms with Gasteiger partial charge in [0, 0.05) is 47.8 Å². The quantitative estimate of drug-likeness (QED) is 0.705. The number of allylic oxidation sites excluding steroid dienone is 4. The van der Waals surface area contributed by atoms with Gasteiger partial charge in [0.05, 0.1) is 0 Å². The highest BCUT2D eigenvalue weighted by atomic mass is 16.1. The Labute approximate surface area is 145 Å². The van der Waals surface area contributed by atoms with Crippen molar-refractivity contribution in [3.63, 3.8) is 0 Å². The van der Waals surface area contributed by atoms with Crippen LogP contribution >= 0.6 is 0 Å². The normalized spacial score (nSPS) is 26.5. The van der Waals surface area contributed by atoms with Gasteiger partial charge in [-0.1, -0.05) is 40.7 Å². The van der Waals surface area contributed by atoms with Crippen molar-refractivity contribution >= 4 is 11.6 Å². The predicted octanol–water partition coefficient (Wildman–Crippen LogP) is 4.41. The van der Waals surface area contributed by atoms with E-state index in [-0.39, 0.29) is 28.3 Å². The molecule has 0 saturated carbocycles. The van der Waals surface area contributed by atoms with Crippen LogP contribution in [0.3, 0.4) is 0 Å². The van der Waals surface area contributed by atoms with Gasteiger partial charge in [0.15, 0.2) is 11.6 Å². The van der Waals surface area contributed by atoms with Gasteiger partial charge in [-0.2, -0.15) is 0 Å². The molecule has 0 spiro atoms. The Morgan fingerprint density at radius 2 is 1.38 bits per heavy atom.